The van der Waals surface area contributed by atoms with Crippen LogP contribution in [0.4, 0.5) is 0 Å². The van der Waals surface area contributed by atoms with Crippen LogP contribution in [-0.2, 0) is 10.0 Å². The number of rotatable bonds is 6. The SMILES string of the molecule is O=S(=O)(NCCN1CCC(c2c[nH]c3cccc(Cl)c23)CC1)c1cccc2cccnc12. The summed E-state index contributed by atoms with van der Waals surface area (Å²) in [5.41, 5.74) is 2.86. The lowest BCUT2D eigenvalue weighted by Crippen LogP contribution is -2.39. The van der Waals surface area contributed by atoms with Gasteiger partial charge in [-0.3, -0.25) is 4.98 Å². The highest BCUT2D eigenvalue weighted by molar-refractivity contribution is 7.89. The zero-order valence-electron chi connectivity index (χ0n) is 17.6. The number of hydrogen-bond acceptors (Lipinski definition) is 4. The molecule has 1 fully saturated rings. The molecule has 1 aliphatic rings. The Balaban J connectivity index is 1.19. The number of piperidine rings is 1. The number of pyridine rings is 1. The summed E-state index contributed by atoms with van der Waals surface area (Å²) < 4.78 is 28.5. The van der Waals surface area contributed by atoms with Gasteiger partial charge in [-0.25, -0.2) is 13.1 Å². The molecule has 32 heavy (non-hydrogen) atoms. The first kappa shape index (κ1) is 21.4. The molecule has 0 unspecified atom stereocenters. The lowest BCUT2D eigenvalue weighted by molar-refractivity contribution is 0.216. The number of halogens is 1. The smallest absolute Gasteiger partial charge is 0.242 e. The van der Waals surface area contributed by atoms with Crippen molar-refractivity contribution < 1.29 is 8.42 Å². The average molecular weight is 469 g/mol. The van der Waals surface area contributed by atoms with Gasteiger partial charge < -0.3 is 9.88 Å². The van der Waals surface area contributed by atoms with E-state index in [2.05, 4.69) is 31.9 Å². The van der Waals surface area contributed by atoms with Crippen molar-refractivity contribution in [3.63, 3.8) is 0 Å². The Morgan fingerprint density at radius 1 is 1.09 bits per heavy atom. The van der Waals surface area contributed by atoms with E-state index in [-0.39, 0.29) is 4.90 Å². The van der Waals surface area contributed by atoms with Crippen LogP contribution in [0.3, 0.4) is 0 Å². The van der Waals surface area contributed by atoms with Crippen molar-refractivity contribution in [2.45, 2.75) is 23.7 Å². The average Bonchev–Trinajstić information content (AvgIpc) is 3.25. The van der Waals surface area contributed by atoms with Crippen LogP contribution in [0.25, 0.3) is 21.8 Å². The van der Waals surface area contributed by atoms with Crippen molar-refractivity contribution >= 4 is 43.4 Å². The maximum atomic E-state index is 12.9. The van der Waals surface area contributed by atoms with E-state index in [1.54, 1.807) is 24.4 Å². The van der Waals surface area contributed by atoms with Gasteiger partial charge in [-0.2, -0.15) is 0 Å². The predicted octanol–water partition coefficient (Wildman–Crippen LogP) is 4.53. The number of para-hydroxylation sites is 1. The molecule has 2 aromatic heterocycles. The van der Waals surface area contributed by atoms with Gasteiger partial charge >= 0.3 is 0 Å². The molecule has 8 heteroatoms. The van der Waals surface area contributed by atoms with E-state index < -0.39 is 10.0 Å². The zero-order chi connectivity index (χ0) is 22.1. The minimum Gasteiger partial charge on any atom is -0.361 e. The van der Waals surface area contributed by atoms with E-state index in [1.807, 2.05) is 24.3 Å². The van der Waals surface area contributed by atoms with Gasteiger partial charge in [0.2, 0.25) is 10.0 Å². The van der Waals surface area contributed by atoms with Gasteiger partial charge in [-0.1, -0.05) is 35.9 Å². The molecule has 2 N–H and O–H groups in total. The van der Waals surface area contributed by atoms with E-state index in [1.165, 1.54) is 5.56 Å². The number of fused-ring (bicyclic) bond motifs is 2. The van der Waals surface area contributed by atoms with E-state index in [0.29, 0.717) is 24.5 Å². The molecule has 166 valence electrons. The Kier molecular flexibility index (Phi) is 5.90. The summed E-state index contributed by atoms with van der Waals surface area (Å²) in [6, 6.07) is 14.9. The van der Waals surface area contributed by atoms with Crippen molar-refractivity contribution in [1.82, 2.24) is 19.6 Å². The molecule has 0 saturated carbocycles. The highest BCUT2D eigenvalue weighted by atomic mass is 35.5. The number of benzene rings is 2. The largest absolute Gasteiger partial charge is 0.361 e. The predicted molar refractivity (Wildman–Crippen MR) is 129 cm³/mol. The van der Waals surface area contributed by atoms with Crippen LogP contribution >= 0.6 is 11.6 Å². The second-order valence-corrected chi connectivity index (χ2v) is 10.4. The van der Waals surface area contributed by atoms with Crippen molar-refractivity contribution in [3.05, 3.63) is 71.5 Å². The van der Waals surface area contributed by atoms with E-state index >= 15 is 0 Å². The number of likely N-dealkylation sites (tertiary alicyclic amines) is 1. The summed E-state index contributed by atoms with van der Waals surface area (Å²) >= 11 is 6.45. The first-order chi connectivity index (χ1) is 15.5. The summed E-state index contributed by atoms with van der Waals surface area (Å²) in [5, 5.41) is 2.73. The van der Waals surface area contributed by atoms with Crippen molar-refractivity contribution in [3.8, 4) is 0 Å². The third kappa shape index (κ3) is 4.13. The van der Waals surface area contributed by atoms with E-state index in [9.17, 15) is 8.42 Å². The summed E-state index contributed by atoms with van der Waals surface area (Å²) in [6.07, 6.45) is 5.76. The second-order valence-electron chi connectivity index (χ2n) is 8.25. The summed E-state index contributed by atoms with van der Waals surface area (Å²) in [5.74, 6) is 0.457. The summed E-state index contributed by atoms with van der Waals surface area (Å²) in [7, 11) is -3.62. The number of nitrogens with one attached hydrogen (secondary N) is 2. The molecule has 0 aliphatic carbocycles. The molecule has 6 nitrogen and oxygen atoms in total. The molecule has 2 aromatic carbocycles. The number of nitrogens with zero attached hydrogens (tertiary/aromatic N) is 2. The van der Waals surface area contributed by atoms with Crippen molar-refractivity contribution in [2.75, 3.05) is 26.2 Å². The Hall–Kier alpha value is -2.45. The van der Waals surface area contributed by atoms with Gasteiger partial charge in [0.25, 0.3) is 0 Å². The van der Waals surface area contributed by atoms with Gasteiger partial charge in [-0.15, -0.1) is 0 Å². The highest BCUT2D eigenvalue weighted by Crippen LogP contribution is 2.36. The topological polar surface area (TPSA) is 78.1 Å². The molecule has 0 atom stereocenters. The van der Waals surface area contributed by atoms with Gasteiger partial charge in [0.1, 0.15) is 4.90 Å². The fraction of sp³-hybridized carbons (Fsp3) is 0.292. The molecule has 3 heterocycles. The van der Waals surface area contributed by atoms with E-state index in [0.717, 1.165) is 47.2 Å². The molecule has 0 spiro atoms. The second kappa shape index (κ2) is 8.83. The Bertz CT molecular complexity index is 1360. The lowest BCUT2D eigenvalue weighted by atomic mass is 9.89. The standard InChI is InChI=1S/C24H25ClN4O2S/c25-20-6-2-7-21-23(20)19(16-27-21)17-9-13-29(14-10-17)15-12-28-32(30,31)22-8-1-4-18-5-3-11-26-24(18)22/h1-8,11,16-17,27-28H,9-10,12-15H2. The number of hydrogen-bond donors (Lipinski definition) is 2. The van der Waals surface area contributed by atoms with Gasteiger partial charge in [0, 0.05) is 41.8 Å². The fourth-order valence-corrected chi connectivity index (χ4v) is 6.15. The van der Waals surface area contributed by atoms with Gasteiger partial charge in [-0.05, 0) is 61.7 Å². The Morgan fingerprint density at radius 2 is 1.88 bits per heavy atom. The van der Waals surface area contributed by atoms with Crippen LogP contribution in [0, 0.1) is 0 Å². The van der Waals surface area contributed by atoms with Crippen LogP contribution in [0.15, 0.2) is 65.8 Å². The first-order valence-electron chi connectivity index (χ1n) is 10.8. The molecule has 1 aliphatic heterocycles. The highest BCUT2D eigenvalue weighted by Gasteiger charge is 2.24. The van der Waals surface area contributed by atoms with Crippen LogP contribution in [-0.4, -0.2) is 49.5 Å². The first-order valence-corrected chi connectivity index (χ1v) is 12.7. The molecule has 1 saturated heterocycles. The summed E-state index contributed by atoms with van der Waals surface area (Å²) in [4.78, 5) is 10.1. The normalized spacial score (nSPS) is 16.2. The van der Waals surface area contributed by atoms with Crippen LogP contribution < -0.4 is 4.72 Å². The third-order valence-corrected chi connectivity index (χ3v) is 8.13. The molecule has 0 radical (unpaired) electrons. The Labute approximate surface area is 192 Å². The van der Waals surface area contributed by atoms with Crippen LogP contribution in [0.1, 0.15) is 24.3 Å². The van der Waals surface area contributed by atoms with Crippen molar-refractivity contribution in [1.29, 1.82) is 0 Å². The molecular formula is C24H25ClN4O2S. The maximum Gasteiger partial charge on any atom is 0.242 e. The molecule has 0 bridgehead atoms. The van der Waals surface area contributed by atoms with Crippen LogP contribution in [0.2, 0.25) is 5.02 Å². The minimum atomic E-state index is -3.62. The fourth-order valence-electron chi connectivity index (χ4n) is 4.66. The molecule has 4 aromatic rings. The number of aromatic nitrogens is 2. The number of sulfonamides is 1. The van der Waals surface area contributed by atoms with Gasteiger partial charge in [0.15, 0.2) is 0 Å². The maximum absolute atomic E-state index is 12.9. The number of aromatic amines is 1. The number of H-pyrrole nitrogens is 1. The third-order valence-electron chi connectivity index (χ3n) is 6.32. The van der Waals surface area contributed by atoms with Crippen molar-refractivity contribution in [2.24, 2.45) is 0 Å². The van der Waals surface area contributed by atoms with Crippen LogP contribution in [0.5, 0.6) is 0 Å². The Morgan fingerprint density at radius 3 is 2.72 bits per heavy atom. The van der Waals surface area contributed by atoms with Gasteiger partial charge in [0.05, 0.1) is 10.5 Å². The monoisotopic (exact) mass is 468 g/mol. The molecular weight excluding hydrogens is 444 g/mol. The lowest BCUT2D eigenvalue weighted by Gasteiger charge is -2.32. The zero-order valence-corrected chi connectivity index (χ0v) is 19.2. The minimum absolute atomic E-state index is 0.227. The quantitative estimate of drug-likeness (QED) is 0.436. The molecule has 0 amide bonds. The van der Waals surface area contributed by atoms with E-state index in [4.69, 9.17) is 11.6 Å². The molecule has 5 rings (SSSR count). The summed E-state index contributed by atoms with van der Waals surface area (Å²) in [6.45, 7) is 2.91.